The van der Waals surface area contributed by atoms with Gasteiger partial charge in [0.2, 0.25) is 0 Å². The highest BCUT2D eigenvalue weighted by Gasteiger charge is 2.16. The first kappa shape index (κ1) is 12.7. The molecular formula is C9H11BrN2O4. The monoisotopic (exact) mass is 290 g/mol. The summed E-state index contributed by atoms with van der Waals surface area (Å²) in [7, 11) is 0. The van der Waals surface area contributed by atoms with Crippen molar-refractivity contribution < 1.29 is 14.1 Å². The lowest BCUT2D eigenvalue weighted by Gasteiger charge is -2.03. The van der Waals surface area contributed by atoms with Gasteiger partial charge in [0.1, 0.15) is 4.92 Å². The molecule has 1 aromatic rings. The number of nitrogens with one attached hydrogen (secondary N) is 1. The number of nitro groups is 1. The molecule has 16 heavy (non-hydrogen) atoms. The largest absolute Gasteiger partial charge is 0.433 e. The maximum absolute atomic E-state index is 11.4. The van der Waals surface area contributed by atoms with Crippen molar-refractivity contribution in [3.05, 3.63) is 28.0 Å². The van der Waals surface area contributed by atoms with Crippen LogP contribution in [0, 0.1) is 10.1 Å². The Labute approximate surface area is 100 Å². The molecule has 88 valence electrons. The number of furan rings is 1. The summed E-state index contributed by atoms with van der Waals surface area (Å²) < 4.78 is 4.74. The van der Waals surface area contributed by atoms with Crippen molar-refractivity contribution in [2.24, 2.45) is 0 Å². The smallest absolute Gasteiger partial charge is 0.395 e. The Morgan fingerprint density at radius 1 is 1.69 bits per heavy atom. The number of carbonyl (C=O) groups is 1. The Morgan fingerprint density at radius 2 is 2.38 bits per heavy atom. The standard InChI is InChI=1S/C9H11BrN2O4/c1-6(10)4-5-11-9(13)7-2-3-8(16-7)12(14)15/h2-3,6H,4-5H2,1H3,(H,11,13). The third kappa shape index (κ3) is 3.65. The molecule has 1 atom stereocenters. The molecule has 0 saturated carbocycles. The highest BCUT2D eigenvalue weighted by molar-refractivity contribution is 9.09. The normalized spacial score (nSPS) is 12.1. The summed E-state index contributed by atoms with van der Waals surface area (Å²) in [6.45, 7) is 2.45. The lowest BCUT2D eigenvalue weighted by Crippen LogP contribution is -2.25. The van der Waals surface area contributed by atoms with E-state index in [0.29, 0.717) is 11.4 Å². The molecule has 1 heterocycles. The lowest BCUT2D eigenvalue weighted by atomic mass is 10.3. The van der Waals surface area contributed by atoms with E-state index in [4.69, 9.17) is 4.42 Å². The number of hydrogen-bond acceptors (Lipinski definition) is 4. The number of hydrogen-bond donors (Lipinski definition) is 1. The van der Waals surface area contributed by atoms with Crippen molar-refractivity contribution >= 4 is 27.7 Å². The number of amides is 1. The van der Waals surface area contributed by atoms with Crippen LogP contribution in [0.3, 0.4) is 0 Å². The minimum Gasteiger partial charge on any atom is -0.395 e. The number of nitrogens with zero attached hydrogens (tertiary/aromatic N) is 1. The van der Waals surface area contributed by atoms with E-state index in [0.717, 1.165) is 12.5 Å². The fourth-order valence-corrected chi connectivity index (χ4v) is 1.25. The summed E-state index contributed by atoms with van der Waals surface area (Å²) in [6.07, 6.45) is 0.772. The van der Waals surface area contributed by atoms with Crippen LogP contribution in [0.25, 0.3) is 0 Å². The van der Waals surface area contributed by atoms with Crippen molar-refractivity contribution in [1.82, 2.24) is 5.32 Å². The molecule has 0 bridgehead atoms. The van der Waals surface area contributed by atoms with Crippen LogP contribution in [0.1, 0.15) is 23.9 Å². The summed E-state index contributed by atoms with van der Waals surface area (Å²) in [5.41, 5.74) is 0. The summed E-state index contributed by atoms with van der Waals surface area (Å²) in [6, 6.07) is 2.44. The van der Waals surface area contributed by atoms with Crippen LogP contribution >= 0.6 is 15.9 Å². The van der Waals surface area contributed by atoms with E-state index in [1.54, 1.807) is 0 Å². The second kappa shape index (κ2) is 5.64. The van der Waals surface area contributed by atoms with Gasteiger partial charge in [-0.05, 0) is 12.5 Å². The van der Waals surface area contributed by atoms with Gasteiger partial charge in [-0.15, -0.1) is 0 Å². The first-order valence-electron chi connectivity index (χ1n) is 4.67. The molecule has 0 aromatic carbocycles. The highest BCUT2D eigenvalue weighted by Crippen LogP contribution is 2.15. The van der Waals surface area contributed by atoms with Crippen LogP contribution < -0.4 is 5.32 Å². The fraction of sp³-hybridized carbons (Fsp3) is 0.444. The zero-order valence-corrected chi connectivity index (χ0v) is 10.2. The molecule has 6 nitrogen and oxygen atoms in total. The molecule has 0 aliphatic carbocycles. The molecule has 0 saturated heterocycles. The van der Waals surface area contributed by atoms with Gasteiger partial charge in [-0.3, -0.25) is 14.9 Å². The Balaban J connectivity index is 2.50. The number of halogens is 1. The van der Waals surface area contributed by atoms with Gasteiger partial charge in [0, 0.05) is 11.4 Å². The van der Waals surface area contributed by atoms with Gasteiger partial charge in [0.15, 0.2) is 5.76 Å². The molecule has 1 amide bonds. The summed E-state index contributed by atoms with van der Waals surface area (Å²) in [4.78, 5) is 21.4. The first-order valence-corrected chi connectivity index (χ1v) is 5.58. The van der Waals surface area contributed by atoms with Crippen molar-refractivity contribution in [1.29, 1.82) is 0 Å². The van der Waals surface area contributed by atoms with E-state index in [1.165, 1.54) is 6.07 Å². The van der Waals surface area contributed by atoms with Gasteiger partial charge < -0.3 is 9.73 Å². The molecule has 7 heteroatoms. The predicted octanol–water partition coefficient (Wildman–Crippen LogP) is 2.09. The first-order chi connectivity index (χ1) is 7.50. The van der Waals surface area contributed by atoms with Crippen molar-refractivity contribution in [2.45, 2.75) is 18.2 Å². The van der Waals surface area contributed by atoms with E-state index in [9.17, 15) is 14.9 Å². The second-order valence-corrected chi connectivity index (χ2v) is 4.78. The predicted molar refractivity (Wildman–Crippen MR) is 60.7 cm³/mol. The van der Waals surface area contributed by atoms with Gasteiger partial charge in [-0.2, -0.15) is 0 Å². The molecule has 1 unspecified atom stereocenters. The SMILES string of the molecule is CC(Br)CCNC(=O)c1ccc([N+](=O)[O-])o1. The van der Waals surface area contributed by atoms with Crippen molar-refractivity contribution in [3.8, 4) is 0 Å². The maximum Gasteiger partial charge on any atom is 0.433 e. The van der Waals surface area contributed by atoms with E-state index < -0.39 is 16.7 Å². The van der Waals surface area contributed by atoms with Crippen LogP contribution in [-0.2, 0) is 0 Å². The number of carbonyl (C=O) groups excluding carboxylic acids is 1. The molecule has 0 spiro atoms. The molecule has 1 rings (SSSR count). The molecule has 0 aliphatic heterocycles. The number of alkyl halides is 1. The number of rotatable bonds is 5. The lowest BCUT2D eigenvalue weighted by molar-refractivity contribution is -0.402. The van der Waals surface area contributed by atoms with Gasteiger partial charge in [0.05, 0.1) is 6.07 Å². The molecule has 0 aliphatic rings. The van der Waals surface area contributed by atoms with Crippen molar-refractivity contribution in [2.75, 3.05) is 6.54 Å². The topological polar surface area (TPSA) is 85.4 Å². The third-order valence-corrected chi connectivity index (χ3v) is 2.28. The van der Waals surface area contributed by atoms with Crippen LogP contribution in [0.2, 0.25) is 0 Å². The highest BCUT2D eigenvalue weighted by atomic mass is 79.9. The van der Waals surface area contributed by atoms with Gasteiger partial charge >= 0.3 is 5.88 Å². The van der Waals surface area contributed by atoms with Gasteiger partial charge in [-0.25, -0.2) is 0 Å². The van der Waals surface area contributed by atoms with E-state index >= 15 is 0 Å². The quantitative estimate of drug-likeness (QED) is 0.511. The summed E-state index contributed by atoms with van der Waals surface area (Å²) in [5.74, 6) is -0.922. The average Bonchev–Trinajstić information content (AvgIpc) is 2.65. The summed E-state index contributed by atoms with van der Waals surface area (Å²) in [5, 5.41) is 12.9. The summed E-state index contributed by atoms with van der Waals surface area (Å²) >= 11 is 3.34. The minimum absolute atomic E-state index is 0.0473. The van der Waals surface area contributed by atoms with Gasteiger partial charge in [0.25, 0.3) is 5.91 Å². The molecular weight excluding hydrogens is 280 g/mol. The molecule has 0 radical (unpaired) electrons. The Bertz CT molecular complexity index is 389. The molecule has 1 N–H and O–H groups in total. The average molecular weight is 291 g/mol. The van der Waals surface area contributed by atoms with Crippen LogP contribution in [0.5, 0.6) is 0 Å². The third-order valence-electron chi connectivity index (χ3n) is 1.82. The van der Waals surface area contributed by atoms with E-state index in [2.05, 4.69) is 21.2 Å². The second-order valence-electron chi connectivity index (χ2n) is 3.22. The Morgan fingerprint density at radius 3 is 2.88 bits per heavy atom. The van der Waals surface area contributed by atoms with Crippen LogP contribution in [0.4, 0.5) is 5.88 Å². The van der Waals surface area contributed by atoms with Crippen LogP contribution in [0.15, 0.2) is 16.5 Å². The maximum atomic E-state index is 11.4. The molecule has 1 aromatic heterocycles. The fourth-order valence-electron chi connectivity index (χ4n) is 1.02. The zero-order valence-electron chi connectivity index (χ0n) is 8.60. The van der Waals surface area contributed by atoms with E-state index in [-0.39, 0.29) is 5.76 Å². The Hall–Kier alpha value is -1.37. The molecule has 0 fully saturated rings. The van der Waals surface area contributed by atoms with Gasteiger partial charge in [-0.1, -0.05) is 22.9 Å². The minimum atomic E-state index is -0.683. The van der Waals surface area contributed by atoms with Crippen molar-refractivity contribution in [3.63, 3.8) is 0 Å². The van der Waals surface area contributed by atoms with Crippen LogP contribution in [-0.4, -0.2) is 22.2 Å². The van der Waals surface area contributed by atoms with E-state index in [1.807, 2.05) is 6.92 Å². The Kier molecular flexibility index (Phi) is 4.48. The zero-order chi connectivity index (χ0) is 12.1.